The molecule has 0 aliphatic heterocycles. The highest BCUT2D eigenvalue weighted by molar-refractivity contribution is 7.89. The number of benzene rings is 2. The van der Waals surface area contributed by atoms with Crippen molar-refractivity contribution >= 4 is 42.6 Å². The fourth-order valence-electron chi connectivity index (χ4n) is 3.88. The lowest BCUT2D eigenvalue weighted by molar-refractivity contribution is 0.0986. The van der Waals surface area contributed by atoms with Crippen LogP contribution >= 0.6 is 11.3 Å². The Morgan fingerprint density at radius 3 is 2.32 bits per heavy atom. The molecule has 0 N–H and O–H groups in total. The third kappa shape index (κ3) is 5.02. The topological polar surface area (TPSA) is 73.8 Å². The Balaban J connectivity index is 1.63. The Hall–Kier alpha value is -2.33. The van der Waals surface area contributed by atoms with Gasteiger partial charge in [-0.15, -0.1) is 0 Å². The number of sulfonamides is 1. The fraction of sp³-hybridized carbons (Fsp3) is 0.440. The zero-order valence-corrected chi connectivity index (χ0v) is 22.0. The average Bonchev–Trinajstić information content (AvgIpc) is 3.57. The Morgan fingerprint density at radius 1 is 1.03 bits per heavy atom. The summed E-state index contributed by atoms with van der Waals surface area (Å²) in [4.78, 5) is 22.4. The maximum atomic E-state index is 13.6. The number of carbonyl (C=O) groups excluding carboxylic acids is 1. The number of anilines is 1. The summed E-state index contributed by atoms with van der Waals surface area (Å²) < 4.78 is 28.1. The van der Waals surface area contributed by atoms with Crippen molar-refractivity contribution in [2.24, 2.45) is 0 Å². The van der Waals surface area contributed by atoms with E-state index in [1.165, 1.54) is 33.3 Å². The first-order chi connectivity index (χ1) is 16.1. The van der Waals surface area contributed by atoms with Crippen molar-refractivity contribution in [3.05, 3.63) is 53.1 Å². The van der Waals surface area contributed by atoms with Crippen LogP contribution in [0.25, 0.3) is 10.2 Å². The van der Waals surface area contributed by atoms with E-state index in [2.05, 4.69) is 30.9 Å². The molecule has 7 nitrogen and oxygen atoms in total. The molecule has 1 fully saturated rings. The van der Waals surface area contributed by atoms with Crippen molar-refractivity contribution in [1.82, 2.24) is 14.2 Å². The molecular weight excluding hydrogens is 468 g/mol. The number of aromatic nitrogens is 1. The molecule has 0 saturated heterocycles. The van der Waals surface area contributed by atoms with Crippen molar-refractivity contribution in [3.8, 4) is 0 Å². The van der Waals surface area contributed by atoms with Gasteiger partial charge in [0.25, 0.3) is 5.91 Å². The molecular formula is C25H32N4O3S2. The van der Waals surface area contributed by atoms with Crippen molar-refractivity contribution in [2.75, 3.05) is 39.1 Å². The second-order valence-corrected chi connectivity index (χ2v) is 12.2. The summed E-state index contributed by atoms with van der Waals surface area (Å²) >= 11 is 1.51. The van der Waals surface area contributed by atoms with Gasteiger partial charge in [0.15, 0.2) is 5.13 Å². The van der Waals surface area contributed by atoms with E-state index >= 15 is 0 Å². The molecule has 1 aliphatic rings. The lowest BCUT2D eigenvalue weighted by atomic mass is 10.1. The molecule has 4 rings (SSSR count). The van der Waals surface area contributed by atoms with E-state index in [1.807, 2.05) is 14.1 Å². The summed E-state index contributed by atoms with van der Waals surface area (Å²) in [5.74, 6) is -0.174. The van der Waals surface area contributed by atoms with Gasteiger partial charge in [0.1, 0.15) is 0 Å². The number of hydrogen-bond acceptors (Lipinski definition) is 6. The quantitative estimate of drug-likeness (QED) is 0.438. The Labute approximate surface area is 206 Å². The van der Waals surface area contributed by atoms with Crippen LogP contribution in [0.2, 0.25) is 0 Å². The van der Waals surface area contributed by atoms with Gasteiger partial charge in [0.05, 0.1) is 15.1 Å². The molecule has 1 aromatic heterocycles. The van der Waals surface area contributed by atoms with Gasteiger partial charge in [-0.1, -0.05) is 17.4 Å². The number of carbonyl (C=O) groups is 1. The number of hydrogen-bond donors (Lipinski definition) is 0. The van der Waals surface area contributed by atoms with E-state index in [0.29, 0.717) is 17.2 Å². The standard InChI is InChI=1S/C25H32N4O3S2/c1-17-7-14-22-23(18(17)2)26-25(33-22)29(16-6-15-27(3)4)24(30)19-8-12-21(13-9-19)34(31,32)28(5)20-10-11-20/h7-9,12-14,20H,6,10-11,15-16H2,1-5H3. The van der Waals surface area contributed by atoms with Crippen molar-refractivity contribution in [3.63, 3.8) is 0 Å². The normalized spacial score (nSPS) is 14.3. The molecule has 1 amide bonds. The number of fused-ring (bicyclic) bond motifs is 1. The molecule has 9 heteroatoms. The van der Waals surface area contributed by atoms with Gasteiger partial charge in [-0.3, -0.25) is 9.69 Å². The molecule has 1 saturated carbocycles. The summed E-state index contributed by atoms with van der Waals surface area (Å²) in [6.45, 7) is 5.48. The molecule has 0 spiro atoms. The largest absolute Gasteiger partial charge is 0.309 e. The minimum Gasteiger partial charge on any atom is -0.309 e. The molecule has 0 unspecified atom stereocenters. The van der Waals surface area contributed by atoms with Crippen LogP contribution in [0.4, 0.5) is 5.13 Å². The number of nitrogens with zero attached hydrogens (tertiary/aromatic N) is 4. The molecule has 1 heterocycles. The Morgan fingerprint density at radius 2 is 1.71 bits per heavy atom. The number of thiazole rings is 1. The zero-order chi connectivity index (χ0) is 24.6. The molecule has 1 aliphatic carbocycles. The van der Waals surface area contributed by atoms with Crippen LogP contribution in [-0.4, -0.2) is 68.8 Å². The van der Waals surface area contributed by atoms with Crippen LogP contribution in [0.15, 0.2) is 41.3 Å². The molecule has 2 aromatic carbocycles. The smallest absolute Gasteiger partial charge is 0.260 e. The highest BCUT2D eigenvalue weighted by Gasteiger charge is 2.35. The van der Waals surface area contributed by atoms with Gasteiger partial charge >= 0.3 is 0 Å². The second kappa shape index (κ2) is 9.73. The lowest BCUT2D eigenvalue weighted by Gasteiger charge is -2.21. The second-order valence-electron chi connectivity index (χ2n) is 9.24. The predicted octanol–water partition coefficient (Wildman–Crippen LogP) is 4.29. The summed E-state index contributed by atoms with van der Waals surface area (Å²) in [5, 5.41) is 0.664. The van der Waals surface area contributed by atoms with E-state index in [0.717, 1.165) is 41.6 Å². The third-order valence-corrected chi connectivity index (χ3v) is 9.34. The number of aryl methyl sites for hydroxylation is 2. The SMILES string of the molecule is Cc1ccc2sc(N(CCCN(C)C)C(=O)c3ccc(S(=O)(=O)N(C)C4CC4)cc3)nc2c1C. The molecule has 0 bridgehead atoms. The van der Waals surface area contributed by atoms with Crippen molar-refractivity contribution < 1.29 is 13.2 Å². The van der Waals surface area contributed by atoms with Crippen molar-refractivity contribution in [1.29, 1.82) is 0 Å². The average molecular weight is 501 g/mol. The predicted molar refractivity (Wildman–Crippen MR) is 138 cm³/mol. The first-order valence-corrected chi connectivity index (χ1v) is 13.8. The minimum absolute atomic E-state index is 0.0876. The van der Waals surface area contributed by atoms with E-state index in [4.69, 9.17) is 4.98 Å². The highest BCUT2D eigenvalue weighted by atomic mass is 32.2. The van der Waals surface area contributed by atoms with Gasteiger partial charge in [0.2, 0.25) is 10.0 Å². The van der Waals surface area contributed by atoms with E-state index in [-0.39, 0.29) is 16.8 Å². The van der Waals surface area contributed by atoms with Crippen LogP contribution in [0.1, 0.15) is 40.7 Å². The monoisotopic (exact) mass is 500 g/mol. The molecule has 3 aromatic rings. The number of amides is 1. The molecule has 182 valence electrons. The van der Waals surface area contributed by atoms with Crippen LogP contribution in [0.5, 0.6) is 0 Å². The van der Waals surface area contributed by atoms with Gasteiger partial charge in [0, 0.05) is 25.2 Å². The first kappa shape index (κ1) is 24.8. The minimum atomic E-state index is -3.55. The first-order valence-electron chi connectivity index (χ1n) is 11.5. The van der Waals surface area contributed by atoms with Crippen LogP contribution in [0.3, 0.4) is 0 Å². The van der Waals surface area contributed by atoms with Gasteiger partial charge < -0.3 is 4.90 Å². The Bertz CT molecular complexity index is 1300. The molecule has 0 atom stereocenters. The number of rotatable bonds is 9. The van der Waals surface area contributed by atoms with Gasteiger partial charge in [-0.25, -0.2) is 13.4 Å². The zero-order valence-electron chi connectivity index (χ0n) is 20.4. The van der Waals surface area contributed by atoms with Gasteiger partial charge in [-0.05, 0) is 95.2 Å². The summed E-state index contributed by atoms with van der Waals surface area (Å²) in [6, 6.07) is 10.5. The summed E-state index contributed by atoms with van der Waals surface area (Å²) in [5.41, 5.74) is 3.66. The maximum absolute atomic E-state index is 13.6. The summed E-state index contributed by atoms with van der Waals surface area (Å²) in [7, 11) is 2.09. The molecule has 0 radical (unpaired) electrons. The third-order valence-electron chi connectivity index (χ3n) is 6.38. The highest BCUT2D eigenvalue weighted by Crippen LogP contribution is 2.33. The van der Waals surface area contributed by atoms with E-state index < -0.39 is 10.0 Å². The lowest BCUT2D eigenvalue weighted by Crippen LogP contribution is -2.33. The maximum Gasteiger partial charge on any atom is 0.260 e. The fourth-order valence-corrected chi connectivity index (χ4v) is 6.35. The van der Waals surface area contributed by atoms with Gasteiger partial charge in [-0.2, -0.15) is 4.31 Å². The summed E-state index contributed by atoms with van der Waals surface area (Å²) in [6.07, 6.45) is 2.59. The van der Waals surface area contributed by atoms with E-state index in [1.54, 1.807) is 24.1 Å². The van der Waals surface area contributed by atoms with E-state index in [9.17, 15) is 13.2 Å². The van der Waals surface area contributed by atoms with Crippen LogP contribution < -0.4 is 4.90 Å². The van der Waals surface area contributed by atoms with Crippen molar-refractivity contribution in [2.45, 2.75) is 44.0 Å². The van der Waals surface area contributed by atoms with Crippen LogP contribution in [0, 0.1) is 13.8 Å². The Kier molecular flexibility index (Phi) is 7.09. The molecule has 34 heavy (non-hydrogen) atoms. The van der Waals surface area contributed by atoms with Crippen LogP contribution in [-0.2, 0) is 10.0 Å².